The summed E-state index contributed by atoms with van der Waals surface area (Å²) in [6.45, 7) is 4.56. The molecule has 1 saturated heterocycles. The van der Waals surface area contributed by atoms with Gasteiger partial charge in [-0.05, 0) is 25.0 Å². The van der Waals surface area contributed by atoms with Gasteiger partial charge in [-0.25, -0.2) is 14.8 Å². The average molecular weight is 384 g/mol. The molecule has 0 bridgehead atoms. The van der Waals surface area contributed by atoms with Crippen molar-refractivity contribution in [2.45, 2.75) is 38.6 Å². The summed E-state index contributed by atoms with van der Waals surface area (Å²) in [7, 11) is 0. The van der Waals surface area contributed by atoms with Gasteiger partial charge in [0.1, 0.15) is 16.6 Å². The number of rotatable bonds is 3. The largest absolute Gasteiger partial charge is 0.415 e. The molecule has 7 nitrogen and oxygen atoms in total. The molecular formula is C19H20N4O3S. The van der Waals surface area contributed by atoms with Crippen LogP contribution < -0.4 is 10.3 Å². The second-order valence-electron chi connectivity index (χ2n) is 6.84. The summed E-state index contributed by atoms with van der Waals surface area (Å²) < 4.78 is 5.48. The molecule has 3 heterocycles. The zero-order valence-electron chi connectivity index (χ0n) is 15.1. The number of nitrogens with one attached hydrogen (secondary N) is 1. The molecule has 2 aromatic heterocycles. The molecule has 140 valence electrons. The molecule has 1 atom stereocenters. The van der Waals surface area contributed by atoms with Gasteiger partial charge in [-0.3, -0.25) is 9.69 Å². The Morgan fingerprint density at radius 2 is 2.07 bits per heavy atom. The monoisotopic (exact) mass is 384 g/mol. The summed E-state index contributed by atoms with van der Waals surface area (Å²) in [6.07, 6.45) is 1.26. The van der Waals surface area contributed by atoms with E-state index in [4.69, 9.17) is 4.74 Å². The van der Waals surface area contributed by atoms with Crippen molar-refractivity contribution in [2.24, 2.45) is 0 Å². The lowest BCUT2D eigenvalue weighted by molar-refractivity contribution is 0.147. The number of thiazole rings is 1. The number of nitrogens with zero attached hydrogens (tertiary/aromatic N) is 3. The molecule has 27 heavy (non-hydrogen) atoms. The number of hydrogen-bond acceptors (Lipinski definition) is 6. The molecule has 1 amide bonds. The van der Waals surface area contributed by atoms with Crippen LogP contribution in [0.4, 0.5) is 4.79 Å². The number of H-pyrrole nitrogens is 1. The van der Waals surface area contributed by atoms with E-state index in [1.54, 1.807) is 17.0 Å². The van der Waals surface area contributed by atoms with E-state index in [2.05, 4.69) is 15.0 Å². The molecule has 0 aliphatic carbocycles. The lowest BCUT2D eigenvalue weighted by Crippen LogP contribution is -2.33. The Morgan fingerprint density at radius 1 is 1.30 bits per heavy atom. The van der Waals surface area contributed by atoms with Crippen LogP contribution in [0.15, 0.2) is 35.1 Å². The van der Waals surface area contributed by atoms with Crippen LogP contribution in [0, 0.1) is 0 Å². The molecule has 3 aromatic rings. The molecule has 1 N–H and O–H groups in total. The van der Waals surface area contributed by atoms with Crippen molar-refractivity contribution in [1.29, 1.82) is 0 Å². The third kappa shape index (κ3) is 3.44. The van der Waals surface area contributed by atoms with Crippen LogP contribution in [0.25, 0.3) is 10.3 Å². The molecule has 0 spiro atoms. The summed E-state index contributed by atoms with van der Waals surface area (Å²) in [5, 5.41) is 0.728. The predicted molar refractivity (Wildman–Crippen MR) is 103 cm³/mol. The SMILES string of the molecule is CC(C)c1nc2sc(C3CCCN3C(=O)Oc3ccccc3)nc2c(=O)[nH]1. The Kier molecular flexibility index (Phi) is 4.65. The lowest BCUT2D eigenvalue weighted by Gasteiger charge is -2.22. The van der Waals surface area contributed by atoms with Crippen molar-refractivity contribution in [3.05, 3.63) is 51.5 Å². The van der Waals surface area contributed by atoms with Crippen molar-refractivity contribution in [3.63, 3.8) is 0 Å². The van der Waals surface area contributed by atoms with Crippen LogP contribution in [0.5, 0.6) is 5.75 Å². The highest BCUT2D eigenvalue weighted by molar-refractivity contribution is 7.18. The molecule has 1 aromatic carbocycles. The zero-order chi connectivity index (χ0) is 19.0. The number of aromatic amines is 1. The van der Waals surface area contributed by atoms with Gasteiger partial charge in [0.05, 0.1) is 6.04 Å². The van der Waals surface area contributed by atoms with Crippen molar-refractivity contribution < 1.29 is 9.53 Å². The van der Waals surface area contributed by atoms with Gasteiger partial charge in [-0.2, -0.15) is 0 Å². The van der Waals surface area contributed by atoms with Crippen LogP contribution in [-0.2, 0) is 0 Å². The number of ether oxygens (including phenoxy) is 1. The first-order valence-electron chi connectivity index (χ1n) is 8.97. The Labute approximate surface area is 160 Å². The molecule has 0 radical (unpaired) electrons. The number of hydrogen-bond donors (Lipinski definition) is 1. The minimum atomic E-state index is -0.396. The molecular weight excluding hydrogens is 364 g/mol. The van der Waals surface area contributed by atoms with Gasteiger partial charge < -0.3 is 9.72 Å². The first-order valence-corrected chi connectivity index (χ1v) is 9.78. The molecule has 4 rings (SSSR count). The molecule has 0 saturated carbocycles. The van der Waals surface area contributed by atoms with Crippen LogP contribution in [0.3, 0.4) is 0 Å². The second kappa shape index (κ2) is 7.11. The number of para-hydroxylation sites is 1. The average Bonchev–Trinajstić information content (AvgIpc) is 3.29. The van der Waals surface area contributed by atoms with E-state index < -0.39 is 6.09 Å². The third-order valence-electron chi connectivity index (χ3n) is 4.57. The number of carbonyl (C=O) groups excluding carboxylic acids is 1. The van der Waals surface area contributed by atoms with Gasteiger partial charge in [0.15, 0.2) is 10.3 Å². The van der Waals surface area contributed by atoms with E-state index in [9.17, 15) is 9.59 Å². The number of likely N-dealkylation sites (tertiary alicyclic amines) is 1. The van der Waals surface area contributed by atoms with Gasteiger partial charge in [0.2, 0.25) is 0 Å². The number of carbonyl (C=O) groups is 1. The zero-order valence-corrected chi connectivity index (χ0v) is 16.0. The van der Waals surface area contributed by atoms with E-state index in [0.29, 0.717) is 28.5 Å². The standard InChI is InChI=1S/C19H20N4O3S/c1-11(2)15-21-16(24)14-18(22-15)27-17(20-14)13-9-6-10-23(13)19(25)26-12-7-4-3-5-8-12/h3-5,7-8,11,13H,6,9-10H2,1-2H3,(H,21,22,24). The number of benzene rings is 1. The van der Waals surface area contributed by atoms with Gasteiger partial charge in [0, 0.05) is 12.5 Å². The van der Waals surface area contributed by atoms with Crippen LogP contribution in [0.1, 0.15) is 49.5 Å². The van der Waals surface area contributed by atoms with Crippen molar-refractivity contribution >= 4 is 27.8 Å². The summed E-state index contributed by atoms with van der Waals surface area (Å²) in [6, 6.07) is 8.81. The smallest absolute Gasteiger partial charge is 0.410 e. The van der Waals surface area contributed by atoms with Crippen molar-refractivity contribution in [1.82, 2.24) is 19.9 Å². The van der Waals surface area contributed by atoms with E-state index >= 15 is 0 Å². The van der Waals surface area contributed by atoms with E-state index in [-0.39, 0.29) is 17.5 Å². The number of amides is 1. The fraction of sp³-hybridized carbons (Fsp3) is 0.368. The first kappa shape index (κ1) is 17.7. The fourth-order valence-corrected chi connectivity index (χ4v) is 4.27. The maximum absolute atomic E-state index is 12.6. The van der Waals surface area contributed by atoms with Crippen LogP contribution in [0.2, 0.25) is 0 Å². The summed E-state index contributed by atoms with van der Waals surface area (Å²) in [5.74, 6) is 1.28. The molecule has 1 fully saturated rings. The highest BCUT2D eigenvalue weighted by atomic mass is 32.1. The van der Waals surface area contributed by atoms with Gasteiger partial charge in [-0.1, -0.05) is 43.4 Å². The molecule has 8 heteroatoms. The predicted octanol–water partition coefficient (Wildman–Crippen LogP) is 3.84. The Morgan fingerprint density at radius 3 is 2.81 bits per heavy atom. The minimum absolute atomic E-state index is 0.122. The first-order chi connectivity index (χ1) is 13.0. The fourth-order valence-electron chi connectivity index (χ4n) is 3.17. The minimum Gasteiger partial charge on any atom is -0.410 e. The van der Waals surface area contributed by atoms with Gasteiger partial charge >= 0.3 is 6.09 Å². The normalized spacial score (nSPS) is 17.0. The number of fused-ring (bicyclic) bond motifs is 1. The van der Waals surface area contributed by atoms with Gasteiger partial charge in [-0.15, -0.1) is 0 Å². The van der Waals surface area contributed by atoms with Crippen molar-refractivity contribution in [2.75, 3.05) is 6.54 Å². The lowest BCUT2D eigenvalue weighted by atomic mass is 10.2. The Bertz CT molecular complexity index is 1030. The molecule has 1 aliphatic heterocycles. The van der Waals surface area contributed by atoms with Gasteiger partial charge in [0.25, 0.3) is 5.56 Å². The maximum atomic E-state index is 12.6. The van der Waals surface area contributed by atoms with E-state index in [1.165, 1.54) is 11.3 Å². The molecule has 1 unspecified atom stereocenters. The molecule has 1 aliphatic rings. The third-order valence-corrected chi connectivity index (χ3v) is 5.62. The van der Waals surface area contributed by atoms with E-state index in [1.807, 2.05) is 32.0 Å². The topological polar surface area (TPSA) is 88.2 Å². The van der Waals surface area contributed by atoms with Crippen LogP contribution in [-0.4, -0.2) is 32.5 Å². The second-order valence-corrected chi connectivity index (χ2v) is 7.85. The van der Waals surface area contributed by atoms with E-state index in [0.717, 1.165) is 17.8 Å². The summed E-state index contributed by atoms with van der Waals surface area (Å²) in [4.78, 5) is 39.1. The van der Waals surface area contributed by atoms with Crippen LogP contribution >= 0.6 is 11.3 Å². The summed E-state index contributed by atoms with van der Waals surface area (Å²) >= 11 is 1.38. The van der Waals surface area contributed by atoms with Crippen molar-refractivity contribution in [3.8, 4) is 5.75 Å². The quantitative estimate of drug-likeness (QED) is 0.741. The Hall–Kier alpha value is -2.74. The number of aromatic nitrogens is 3. The highest BCUT2D eigenvalue weighted by Gasteiger charge is 2.34. The highest BCUT2D eigenvalue weighted by Crippen LogP contribution is 2.36. The Balaban J connectivity index is 1.62. The summed E-state index contributed by atoms with van der Waals surface area (Å²) in [5.41, 5.74) is 0.102. The maximum Gasteiger partial charge on any atom is 0.415 e.